The number of rotatable bonds is 5. The molecule has 0 rings (SSSR count). The predicted octanol–water partition coefficient (Wildman–Crippen LogP) is 2.75. The number of hydrogen-bond acceptors (Lipinski definition) is 3. The zero-order chi connectivity index (χ0) is 10.5. The molecule has 0 N–H and O–H groups in total. The van der Waals surface area contributed by atoms with E-state index in [4.69, 9.17) is 4.74 Å². The van der Waals surface area contributed by atoms with E-state index in [1.165, 1.54) is 0 Å². The van der Waals surface area contributed by atoms with Gasteiger partial charge in [-0.15, -0.1) is 0 Å². The average Bonchev–Trinajstić information content (AvgIpc) is 1.95. The molecule has 0 radical (unpaired) electrons. The molecule has 4 heteroatoms. The summed E-state index contributed by atoms with van der Waals surface area (Å²) >= 11 is -1.82. The van der Waals surface area contributed by atoms with Crippen LogP contribution in [-0.2, 0) is 9.53 Å². The maximum absolute atomic E-state index is 11.2. The van der Waals surface area contributed by atoms with E-state index >= 15 is 0 Å². The summed E-state index contributed by atoms with van der Waals surface area (Å²) in [5.41, 5.74) is 0. The normalized spacial score (nSPS) is 11.8. The number of carbonyl (C=O) groups excluding carboxylic acids is 1. The van der Waals surface area contributed by atoms with Crippen molar-refractivity contribution in [3.8, 4) is 0 Å². The van der Waals surface area contributed by atoms with Gasteiger partial charge in [-0.25, -0.2) is 0 Å². The minimum atomic E-state index is -1.82. The molecule has 0 aromatic rings. The van der Waals surface area contributed by atoms with Crippen molar-refractivity contribution in [2.45, 2.75) is 28.7 Å². The SMILES string of the molecule is CC(C)COC(=O)C[S][Sn]([CH3])([CH3])[CH3]. The summed E-state index contributed by atoms with van der Waals surface area (Å²) in [6.07, 6.45) is 0. The van der Waals surface area contributed by atoms with Gasteiger partial charge in [0.15, 0.2) is 0 Å². The Hall–Kier alpha value is 0.619. The van der Waals surface area contributed by atoms with E-state index in [9.17, 15) is 4.79 Å². The quantitative estimate of drug-likeness (QED) is 0.577. The standard InChI is InChI=1S/C6H12O2S.3CH3.Sn/c1-5(2)3-8-6(7)4-9;;;;/h5,9H,3-4H2,1-2H3;3*1H3;/q;;;;+1/p-1. The molecule has 0 atom stereocenters. The first-order valence-corrected chi connectivity index (χ1v) is 17.6. The molecule has 0 saturated carbocycles. The fourth-order valence-corrected chi connectivity index (χ4v) is 5.93. The van der Waals surface area contributed by atoms with Gasteiger partial charge in [0, 0.05) is 0 Å². The summed E-state index contributed by atoms with van der Waals surface area (Å²) in [7, 11) is 1.83. The third-order valence-corrected chi connectivity index (χ3v) is 11.1. The molecular formula is C9H20O2SSn. The molecule has 0 heterocycles. The molecule has 0 aliphatic heterocycles. The molecule has 0 aliphatic rings. The molecule has 0 aromatic carbocycles. The van der Waals surface area contributed by atoms with Gasteiger partial charge in [0.1, 0.15) is 0 Å². The zero-order valence-corrected chi connectivity index (χ0v) is 12.9. The second-order valence-electron chi connectivity index (χ2n) is 4.48. The van der Waals surface area contributed by atoms with Gasteiger partial charge < -0.3 is 0 Å². The Morgan fingerprint density at radius 1 is 1.38 bits per heavy atom. The molecule has 0 spiro atoms. The van der Waals surface area contributed by atoms with E-state index < -0.39 is 17.0 Å². The van der Waals surface area contributed by atoms with Gasteiger partial charge in [0.05, 0.1) is 0 Å². The molecule has 2 nitrogen and oxygen atoms in total. The summed E-state index contributed by atoms with van der Waals surface area (Å²) in [6, 6.07) is 0. The Balaban J connectivity index is 3.53. The Labute approximate surface area is 88.1 Å². The summed E-state index contributed by atoms with van der Waals surface area (Å²) < 4.78 is 5.07. The van der Waals surface area contributed by atoms with Crippen LogP contribution >= 0.6 is 8.95 Å². The first-order valence-electron chi connectivity index (χ1n) is 4.61. The third-order valence-electron chi connectivity index (χ3n) is 1.20. The second-order valence-corrected chi connectivity index (χ2v) is 27.8. The second kappa shape index (κ2) is 6.17. The van der Waals surface area contributed by atoms with Crippen LogP contribution in [0.1, 0.15) is 13.8 Å². The van der Waals surface area contributed by atoms with Gasteiger partial charge in [-0.05, 0) is 0 Å². The summed E-state index contributed by atoms with van der Waals surface area (Å²) in [6.45, 7) is 4.64. The van der Waals surface area contributed by atoms with Crippen molar-refractivity contribution in [1.82, 2.24) is 0 Å². The zero-order valence-electron chi connectivity index (χ0n) is 9.22. The number of hydrogen-bond donors (Lipinski definition) is 0. The van der Waals surface area contributed by atoms with Gasteiger partial charge in [0.2, 0.25) is 0 Å². The van der Waals surface area contributed by atoms with E-state index in [-0.39, 0.29) is 5.97 Å². The average molecular weight is 311 g/mol. The fraction of sp³-hybridized carbons (Fsp3) is 0.889. The van der Waals surface area contributed by atoms with Crippen LogP contribution in [0.5, 0.6) is 0 Å². The van der Waals surface area contributed by atoms with Gasteiger partial charge in [-0.1, -0.05) is 0 Å². The topological polar surface area (TPSA) is 26.3 Å². The van der Waals surface area contributed by atoms with Crippen LogP contribution in [0.3, 0.4) is 0 Å². The van der Waals surface area contributed by atoms with Gasteiger partial charge in [-0.3, -0.25) is 0 Å². The number of carbonyl (C=O) groups is 1. The molecule has 0 fully saturated rings. The van der Waals surface area contributed by atoms with Crippen molar-refractivity contribution in [1.29, 1.82) is 0 Å². The van der Waals surface area contributed by atoms with Gasteiger partial charge in [0.25, 0.3) is 0 Å². The molecular weight excluding hydrogens is 291 g/mol. The minimum absolute atomic E-state index is 0.0506. The fourth-order valence-electron chi connectivity index (χ4n) is 0.577. The molecule has 0 bridgehead atoms. The summed E-state index contributed by atoms with van der Waals surface area (Å²) in [5.74, 6) is 0.934. The molecule has 13 heavy (non-hydrogen) atoms. The number of ether oxygens (including phenoxy) is 1. The van der Waals surface area contributed by atoms with Crippen molar-refractivity contribution >= 4 is 31.9 Å². The van der Waals surface area contributed by atoms with Crippen LogP contribution in [-0.4, -0.2) is 35.3 Å². The van der Waals surface area contributed by atoms with Crippen molar-refractivity contribution in [2.24, 2.45) is 5.92 Å². The van der Waals surface area contributed by atoms with Crippen molar-refractivity contribution in [2.75, 3.05) is 12.4 Å². The van der Waals surface area contributed by atoms with Gasteiger partial charge in [-0.2, -0.15) is 0 Å². The number of esters is 1. The summed E-state index contributed by atoms with van der Waals surface area (Å²) in [4.78, 5) is 18.1. The van der Waals surface area contributed by atoms with Crippen LogP contribution in [0.15, 0.2) is 0 Å². The van der Waals surface area contributed by atoms with Crippen molar-refractivity contribution in [3.63, 3.8) is 0 Å². The van der Waals surface area contributed by atoms with E-state index in [1.807, 2.05) is 22.8 Å². The molecule has 0 aromatic heterocycles. The van der Waals surface area contributed by atoms with Crippen molar-refractivity contribution < 1.29 is 9.53 Å². The first-order chi connectivity index (χ1) is 5.81. The van der Waals surface area contributed by atoms with E-state index in [0.29, 0.717) is 18.3 Å². The van der Waals surface area contributed by atoms with Crippen LogP contribution in [0.4, 0.5) is 0 Å². The Kier molecular flexibility index (Phi) is 6.46. The first kappa shape index (κ1) is 13.6. The molecule has 0 unspecified atom stereocenters. The predicted molar refractivity (Wildman–Crippen MR) is 61.6 cm³/mol. The third kappa shape index (κ3) is 10.5. The molecule has 0 aliphatic carbocycles. The van der Waals surface area contributed by atoms with Crippen LogP contribution < -0.4 is 0 Å². The van der Waals surface area contributed by atoms with E-state index in [0.717, 1.165) is 0 Å². The Morgan fingerprint density at radius 3 is 2.31 bits per heavy atom. The van der Waals surface area contributed by atoms with Crippen LogP contribution in [0, 0.1) is 5.92 Å². The Bertz CT molecular complexity index is 163. The Morgan fingerprint density at radius 2 is 1.92 bits per heavy atom. The van der Waals surface area contributed by atoms with Crippen molar-refractivity contribution in [3.05, 3.63) is 0 Å². The summed E-state index contributed by atoms with van der Waals surface area (Å²) in [5, 5.41) is 0. The van der Waals surface area contributed by atoms with Crippen LogP contribution in [0.2, 0.25) is 14.8 Å². The molecule has 0 saturated heterocycles. The monoisotopic (exact) mass is 312 g/mol. The van der Waals surface area contributed by atoms with Crippen LogP contribution in [0.25, 0.3) is 0 Å². The van der Waals surface area contributed by atoms with Gasteiger partial charge >= 0.3 is 88.4 Å². The molecule has 0 amide bonds. The van der Waals surface area contributed by atoms with E-state index in [2.05, 4.69) is 14.8 Å². The van der Waals surface area contributed by atoms with E-state index in [1.54, 1.807) is 0 Å². The maximum atomic E-state index is 11.2. The molecule has 78 valence electrons.